The molecule has 26 heavy (non-hydrogen) atoms. The van der Waals surface area contributed by atoms with Gasteiger partial charge in [0.15, 0.2) is 0 Å². The van der Waals surface area contributed by atoms with E-state index < -0.39 is 0 Å². The third kappa shape index (κ3) is 5.32. The molecule has 1 aromatic heterocycles. The molecule has 1 aliphatic heterocycles. The van der Waals surface area contributed by atoms with Crippen molar-refractivity contribution in [3.63, 3.8) is 0 Å². The molecule has 3 rings (SSSR count). The zero-order valence-corrected chi connectivity index (χ0v) is 16.0. The summed E-state index contributed by atoms with van der Waals surface area (Å²) in [4.78, 5) is 7.05. The van der Waals surface area contributed by atoms with Crippen molar-refractivity contribution in [1.82, 2.24) is 15.2 Å². The fourth-order valence-electron chi connectivity index (χ4n) is 3.38. The van der Waals surface area contributed by atoms with E-state index >= 15 is 0 Å². The molecule has 1 aliphatic rings. The number of unbranched alkanes of at least 4 members (excludes halogenated alkanes) is 1. The van der Waals surface area contributed by atoms with Crippen LogP contribution in [0.5, 0.6) is 5.75 Å². The summed E-state index contributed by atoms with van der Waals surface area (Å²) in [5.74, 6) is 1.56. The third-order valence-corrected chi connectivity index (χ3v) is 5.05. The van der Waals surface area contributed by atoms with Crippen LogP contribution in [0.3, 0.4) is 0 Å². The van der Waals surface area contributed by atoms with E-state index in [0.29, 0.717) is 5.89 Å². The van der Waals surface area contributed by atoms with Crippen LogP contribution >= 0.6 is 0 Å². The fourth-order valence-corrected chi connectivity index (χ4v) is 3.38. The molecule has 2 heterocycles. The summed E-state index contributed by atoms with van der Waals surface area (Å²) in [6, 6.07) is 8.69. The molecule has 0 spiro atoms. The standard InChI is InChI=1S/C21H31N3O2/c1-3-4-14-25-20-9-7-17(8-10-20)21-23-18(16-26-21)15-22-12-11-19-6-5-13-24(19)2/h7-10,16,19,22H,3-6,11-15H2,1-2H3. The van der Waals surface area contributed by atoms with Gasteiger partial charge in [0.05, 0.1) is 12.3 Å². The summed E-state index contributed by atoms with van der Waals surface area (Å²) < 4.78 is 11.3. The number of nitrogens with zero attached hydrogens (tertiary/aromatic N) is 2. The Morgan fingerprint density at radius 2 is 2.15 bits per heavy atom. The lowest BCUT2D eigenvalue weighted by Crippen LogP contribution is -2.29. The monoisotopic (exact) mass is 357 g/mol. The minimum atomic E-state index is 0.664. The molecule has 0 aliphatic carbocycles. The van der Waals surface area contributed by atoms with Gasteiger partial charge in [-0.15, -0.1) is 0 Å². The first-order valence-electron chi connectivity index (χ1n) is 9.85. The Balaban J connectivity index is 1.43. The Hall–Kier alpha value is -1.85. The molecule has 142 valence electrons. The van der Waals surface area contributed by atoms with Crippen LogP contribution in [0.4, 0.5) is 0 Å². The smallest absolute Gasteiger partial charge is 0.226 e. The number of nitrogens with one attached hydrogen (secondary N) is 1. The van der Waals surface area contributed by atoms with Gasteiger partial charge in [0.2, 0.25) is 5.89 Å². The zero-order chi connectivity index (χ0) is 18.2. The number of hydrogen-bond acceptors (Lipinski definition) is 5. The molecular formula is C21H31N3O2. The first-order chi connectivity index (χ1) is 12.8. The number of rotatable bonds is 10. The van der Waals surface area contributed by atoms with Crippen molar-refractivity contribution >= 4 is 0 Å². The highest BCUT2D eigenvalue weighted by Gasteiger charge is 2.19. The molecule has 1 unspecified atom stereocenters. The number of ether oxygens (including phenoxy) is 1. The van der Waals surface area contributed by atoms with Crippen LogP contribution in [0.25, 0.3) is 11.5 Å². The van der Waals surface area contributed by atoms with Gasteiger partial charge in [-0.05, 0) is 70.1 Å². The second-order valence-corrected chi connectivity index (χ2v) is 7.11. The van der Waals surface area contributed by atoms with Crippen LogP contribution in [0.1, 0.15) is 44.7 Å². The summed E-state index contributed by atoms with van der Waals surface area (Å²) in [7, 11) is 2.22. The fraction of sp³-hybridized carbons (Fsp3) is 0.571. The van der Waals surface area contributed by atoms with Crippen molar-refractivity contribution in [3.8, 4) is 17.2 Å². The molecular weight excluding hydrogens is 326 g/mol. The number of likely N-dealkylation sites (tertiary alicyclic amines) is 1. The van der Waals surface area contributed by atoms with Crippen LogP contribution in [0, 0.1) is 0 Å². The normalized spacial score (nSPS) is 17.7. The SMILES string of the molecule is CCCCOc1ccc(-c2nc(CNCCC3CCCN3C)co2)cc1. The lowest BCUT2D eigenvalue weighted by atomic mass is 10.1. The topological polar surface area (TPSA) is 50.5 Å². The van der Waals surface area contributed by atoms with Gasteiger partial charge in [-0.1, -0.05) is 13.3 Å². The first kappa shape index (κ1) is 18.9. The van der Waals surface area contributed by atoms with Gasteiger partial charge in [0.25, 0.3) is 0 Å². The van der Waals surface area contributed by atoms with Crippen LogP contribution < -0.4 is 10.1 Å². The average Bonchev–Trinajstić information content (AvgIpc) is 3.29. The van der Waals surface area contributed by atoms with E-state index in [-0.39, 0.29) is 0 Å². The Morgan fingerprint density at radius 3 is 2.88 bits per heavy atom. The molecule has 0 saturated carbocycles. The van der Waals surface area contributed by atoms with E-state index in [1.807, 2.05) is 24.3 Å². The minimum Gasteiger partial charge on any atom is -0.494 e. The van der Waals surface area contributed by atoms with E-state index in [1.54, 1.807) is 6.26 Å². The molecule has 5 nitrogen and oxygen atoms in total. The summed E-state index contributed by atoms with van der Waals surface area (Å²) in [6.45, 7) is 5.93. The van der Waals surface area contributed by atoms with Gasteiger partial charge in [-0.2, -0.15) is 0 Å². The maximum absolute atomic E-state index is 5.69. The average molecular weight is 357 g/mol. The predicted molar refractivity (Wildman–Crippen MR) is 104 cm³/mol. The summed E-state index contributed by atoms with van der Waals surface area (Å²) >= 11 is 0. The zero-order valence-electron chi connectivity index (χ0n) is 16.0. The van der Waals surface area contributed by atoms with Gasteiger partial charge in [0, 0.05) is 18.2 Å². The molecule has 1 saturated heterocycles. The van der Waals surface area contributed by atoms with Crippen molar-refractivity contribution in [3.05, 3.63) is 36.2 Å². The van der Waals surface area contributed by atoms with Crippen molar-refractivity contribution < 1.29 is 9.15 Å². The lowest BCUT2D eigenvalue weighted by molar-refractivity contribution is 0.293. The minimum absolute atomic E-state index is 0.664. The molecule has 1 fully saturated rings. The Bertz CT molecular complexity index is 654. The van der Waals surface area contributed by atoms with Gasteiger partial charge in [-0.25, -0.2) is 4.98 Å². The van der Waals surface area contributed by atoms with Crippen molar-refractivity contribution in [2.75, 3.05) is 26.7 Å². The highest BCUT2D eigenvalue weighted by Crippen LogP contribution is 2.22. The predicted octanol–water partition coefficient (Wildman–Crippen LogP) is 4.09. The highest BCUT2D eigenvalue weighted by atomic mass is 16.5. The van der Waals surface area contributed by atoms with Crippen LogP contribution in [-0.4, -0.2) is 42.7 Å². The quantitative estimate of drug-likeness (QED) is 0.649. The van der Waals surface area contributed by atoms with E-state index in [2.05, 4.69) is 29.2 Å². The van der Waals surface area contributed by atoms with E-state index in [9.17, 15) is 0 Å². The van der Waals surface area contributed by atoms with Crippen LogP contribution in [0.15, 0.2) is 34.9 Å². The Morgan fingerprint density at radius 1 is 1.31 bits per heavy atom. The number of benzene rings is 1. The molecule has 0 bridgehead atoms. The number of oxazole rings is 1. The second-order valence-electron chi connectivity index (χ2n) is 7.11. The molecule has 5 heteroatoms. The molecule has 2 aromatic rings. The van der Waals surface area contributed by atoms with Gasteiger partial charge >= 0.3 is 0 Å². The van der Waals surface area contributed by atoms with Crippen LogP contribution in [-0.2, 0) is 6.54 Å². The van der Waals surface area contributed by atoms with Gasteiger partial charge in [0.1, 0.15) is 12.0 Å². The largest absolute Gasteiger partial charge is 0.494 e. The number of hydrogen-bond donors (Lipinski definition) is 1. The Labute approximate surface area is 156 Å². The van der Waals surface area contributed by atoms with E-state index in [4.69, 9.17) is 9.15 Å². The van der Waals surface area contributed by atoms with E-state index in [1.165, 1.54) is 25.8 Å². The van der Waals surface area contributed by atoms with Crippen molar-refractivity contribution in [2.24, 2.45) is 0 Å². The van der Waals surface area contributed by atoms with Gasteiger partial charge < -0.3 is 19.4 Å². The molecule has 0 amide bonds. The van der Waals surface area contributed by atoms with Crippen molar-refractivity contribution in [1.29, 1.82) is 0 Å². The maximum atomic E-state index is 5.69. The molecule has 1 aromatic carbocycles. The molecule has 0 radical (unpaired) electrons. The summed E-state index contributed by atoms with van der Waals surface area (Å²) in [5, 5.41) is 3.48. The van der Waals surface area contributed by atoms with E-state index in [0.717, 1.165) is 55.6 Å². The number of aromatic nitrogens is 1. The third-order valence-electron chi connectivity index (χ3n) is 5.05. The molecule has 1 N–H and O–H groups in total. The van der Waals surface area contributed by atoms with Crippen molar-refractivity contribution in [2.45, 2.75) is 51.6 Å². The highest BCUT2D eigenvalue weighted by molar-refractivity contribution is 5.54. The van der Waals surface area contributed by atoms with Gasteiger partial charge in [-0.3, -0.25) is 0 Å². The summed E-state index contributed by atoms with van der Waals surface area (Å²) in [5.41, 5.74) is 1.93. The summed E-state index contributed by atoms with van der Waals surface area (Å²) in [6.07, 6.45) is 7.81. The maximum Gasteiger partial charge on any atom is 0.226 e. The first-order valence-corrected chi connectivity index (χ1v) is 9.85. The van der Waals surface area contributed by atoms with Crippen LogP contribution in [0.2, 0.25) is 0 Å². The lowest BCUT2D eigenvalue weighted by Gasteiger charge is -2.19. The molecule has 1 atom stereocenters. The Kier molecular flexibility index (Phi) is 7.09. The second kappa shape index (κ2) is 9.74.